The van der Waals surface area contributed by atoms with Gasteiger partial charge in [-0.3, -0.25) is 4.79 Å². The van der Waals surface area contributed by atoms with Gasteiger partial charge in [0.05, 0.1) is 6.21 Å². The predicted molar refractivity (Wildman–Crippen MR) is 98.4 cm³/mol. The third-order valence-corrected chi connectivity index (χ3v) is 3.90. The van der Waals surface area contributed by atoms with E-state index in [0.717, 1.165) is 22.4 Å². The highest BCUT2D eigenvalue weighted by Crippen LogP contribution is 2.22. The summed E-state index contributed by atoms with van der Waals surface area (Å²) in [5, 5.41) is 13.8. The molecule has 126 valence electrons. The van der Waals surface area contributed by atoms with Crippen molar-refractivity contribution in [1.29, 1.82) is 0 Å². The van der Waals surface area contributed by atoms with Crippen molar-refractivity contribution < 1.29 is 9.90 Å². The normalized spacial score (nSPS) is 11.0. The van der Waals surface area contributed by atoms with Crippen molar-refractivity contribution >= 4 is 12.1 Å². The Bertz CT molecular complexity index is 905. The summed E-state index contributed by atoms with van der Waals surface area (Å²) >= 11 is 0. The number of hydrazone groups is 1. The molecule has 0 unspecified atom stereocenters. The van der Waals surface area contributed by atoms with Crippen LogP contribution in [0.1, 0.15) is 27.0 Å². The third-order valence-electron chi connectivity index (χ3n) is 3.90. The number of phenols is 1. The van der Waals surface area contributed by atoms with Gasteiger partial charge in [0.15, 0.2) is 0 Å². The maximum Gasteiger partial charge on any atom is 0.271 e. The Labute approximate surface area is 146 Å². The number of benzene rings is 2. The molecule has 5 heteroatoms. The summed E-state index contributed by atoms with van der Waals surface area (Å²) in [4.78, 5) is 12.3. The number of aryl methyl sites for hydroxylation is 2. The zero-order valence-electron chi connectivity index (χ0n) is 14.1. The number of nitrogens with zero attached hydrogens (tertiary/aromatic N) is 2. The first-order valence-corrected chi connectivity index (χ1v) is 7.91. The van der Waals surface area contributed by atoms with Crippen LogP contribution in [0, 0.1) is 13.8 Å². The number of carbonyl (C=O) groups is 1. The number of hydrogen-bond donors (Lipinski definition) is 2. The second-order valence-corrected chi connectivity index (χ2v) is 5.84. The minimum absolute atomic E-state index is 0.280. The fourth-order valence-electron chi connectivity index (χ4n) is 2.61. The number of phenolic OH excluding ortho intramolecular Hbond substituents is 1. The maximum absolute atomic E-state index is 12.3. The summed E-state index contributed by atoms with van der Waals surface area (Å²) in [6, 6.07) is 14.8. The number of rotatable bonds is 4. The number of nitrogens with one attached hydrogen (secondary N) is 1. The molecule has 0 aliphatic rings. The van der Waals surface area contributed by atoms with E-state index in [-0.39, 0.29) is 11.7 Å². The van der Waals surface area contributed by atoms with Gasteiger partial charge in [0, 0.05) is 23.6 Å². The summed E-state index contributed by atoms with van der Waals surface area (Å²) < 4.78 is 1.93. The highest BCUT2D eigenvalue weighted by atomic mass is 16.3. The van der Waals surface area contributed by atoms with Crippen molar-refractivity contribution in [3.63, 3.8) is 0 Å². The molecule has 1 amide bonds. The van der Waals surface area contributed by atoms with Crippen molar-refractivity contribution in [1.82, 2.24) is 9.99 Å². The van der Waals surface area contributed by atoms with E-state index < -0.39 is 0 Å². The predicted octanol–water partition coefficient (Wildman–Crippen LogP) is 3.56. The van der Waals surface area contributed by atoms with Crippen molar-refractivity contribution in [2.75, 3.05) is 0 Å². The Morgan fingerprint density at radius 1 is 1.08 bits per heavy atom. The Morgan fingerprint density at radius 2 is 1.76 bits per heavy atom. The Morgan fingerprint density at radius 3 is 2.44 bits per heavy atom. The molecule has 0 aliphatic heterocycles. The molecule has 0 radical (unpaired) electrons. The monoisotopic (exact) mass is 333 g/mol. The Hall–Kier alpha value is -3.34. The lowest BCUT2D eigenvalue weighted by molar-refractivity contribution is 0.0955. The largest absolute Gasteiger partial charge is 0.507 e. The Balaban J connectivity index is 1.72. The van der Waals surface area contributed by atoms with Gasteiger partial charge in [-0.25, -0.2) is 5.43 Å². The first-order chi connectivity index (χ1) is 12.0. The van der Waals surface area contributed by atoms with Gasteiger partial charge in [-0.1, -0.05) is 6.07 Å². The van der Waals surface area contributed by atoms with Crippen molar-refractivity contribution in [2.45, 2.75) is 13.8 Å². The molecule has 0 atom stereocenters. The summed E-state index contributed by atoms with van der Waals surface area (Å²) in [5.41, 5.74) is 6.33. The average Bonchev–Trinajstić information content (AvgIpc) is 3.14. The molecule has 1 aromatic heterocycles. The van der Waals surface area contributed by atoms with E-state index in [1.165, 1.54) is 0 Å². The molecular weight excluding hydrogens is 314 g/mol. The van der Waals surface area contributed by atoms with Crippen molar-refractivity contribution in [3.8, 4) is 11.4 Å². The highest BCUT2D eigenvalue weighted by Gasteiger charge is 2.06. The highest BCUT2D eigenvalue weighted by molar-refractivity contribution is 5.95. The van der Waals surface area contributed by atoms with Crippen LogP contribution in [-0.4, -0.2) is 21.8 Å². The SMILES string of the molecule is Cc1cc(/C=N/NC(=O)c2cccc(-n3cccc3)c2)cc(C)c1O. The second kappa shape index (κ2) is 7.05. The van der Waals surface area contributed by atoms with Crippen LogP contribution in [0.3, 0.4) is 0 Å². The fraction of sp³-hybridized carbons (Fsp3) is 0.100. The molecule has 3 rings (SSSR count). The van der Waals surface area contributed by atoms with E-state index in [4.69, 9.17) is 0 Å². The van der Waals surface area contributed by atoms with Crippen LogP contribution in [-0.2, 0) is 0 Å². The fourth-order valence-corrected chi connectivity index (χ4v) is 2.61. The van der Waals surface area contributed by atoms with E-state index in [2.05, 4.69) is 10.5 Å². The first kappa shape index (κ1) is 16.5. The van der Waals surface area contributed by atoms with E-state index in [0.29, 0.717) is 5.56 Å². The lowest BCUT2D eigenvalue weighted by Crippen LogP contribution is -2.17. The topological polar surface area (TPSA) is 66.6 Å². The minimum Gasteiger partial charge on any atom is -0.507 e. The smallest absolute Gasteiger partial charge is 0.271 e. The van der Waals surface area contributed by atoms with E-state index in [1.807, 2.05) is 67.2 Å². The van der Waals surface area contributed by atoms with Crippen molar-refractivity contribution in [2.24, 2.45) is 5.10 Å². The van der Waals surface area contributed by atoms with Gasteiger partial charge in [0.2, 0.25) is 0 Å². The molecule has 5 nitrogen and oxygen atoms in total. The van der Waals surface area contributed by atoms with Gasteiger partial charge in [0.1, 0.15) is 5.75 Å². The number of hydrogen-bond acceptors (Lipinski definition) is 3. The van der Waals surface area contributed by atoms with Crippen LogP contribution < -0.4 is 5.43 Å². The summed E-state index contributed by atoms with van der Waals surface area (Å²) in [7, 11) is 0. The molecular formula is C20H19N3O2. The van der Waals surface area contributed by atoms with Gasteiger partial charge < -0.3 is 9.67 Å². The average molecular weight is 333 g/mol. The number of carbonyl (C=O) groups excluding carboxylic acids is 1. The molecule has 1 heterocycles. The lowest BCUT2D eigenvalue weighted by atomic mass is 10.1. The molecule has 2 N–H and O–H groups in total. The quantitative estimate of drug-likeness (QED) is 0.566. The van der Waals surface area contributed by atoms with Gasteiger partial charge in [0.25, 0.3) is 5.91 Å². The minimum atomic E-state index is -0.280. The molecule has 0 saturated heterocycles. The van der Waals surface area contributed by atoms with E-state index in [9.17, 15) is 9.90 Å². The maximum atomic E-state index is 12.3. The van der Waals surface area contributed by atoms with Crippen LogP contribution in [0.15, 0.2) is 66.0 Å². The number of aromatic nitrogens is 1. The van der Waals surface area contributed by atoms with Gasteiger partial charge in [-0.05, 0) is 73.0 Å². The molecule has 2 aromatic carbocycles. The second-order valence-electron chi connectivity index (χ2n) is 5.84. The summed E-state index contributed by atoms with van der Waals surface area (Å²) in [6.45, 7) is 3.65. The molecule has 0 aliphatic carbocycles. The number of amides is 1. The van der Waals surface area contributed by atoms with Gasteiger partial charge in [-0.15, -0.1) is 0 Å². The molecule has 25 heavy (non-hydrogen) atoms. The molecule has 3 aromatic rings. The summed E-state index contributed by atoms with van der Waals surface area (Å²) in [6.07, 6.45) is 5.41. The Kier molecular flexibility index (Phi) is 4.66. The van der Waals surface area contributed by atoms with E-state index in [1.54, 1.807) is 18.3 Å². The van der Waals surface area contributed by atoms with Crippen LogP contribution in [0.5, 0.6) is 5.75 Å². The third kappa shape index (κ3) is 3.77. The molecule has 0 spiro atoms. The zero-order valence-corrected chi connectivity index (χ0v) is 14.1. The molecule has 0 bridgehead atoms. The zero-order chi connectivity index (χ0) is 17.8. The lowest BCUT2D eigenvalue weighted by Gasteiger charge is -2.06. The van der Waals surface area contributed by atoms with Crippen LogP contribution in [0.4, 0.5) is 0 Å². The van der Waals surface area contributed by atoms with Crippen LogP contribution in [0.2, 0.25) is 0 Å². The standard InChI is InChI=1S/C20H19N3O2/c1-14-10-16(11-15(2)19(14)24)13-21-22-20(25)17-6-5-7-18(12-17)23-8-3-4-9-23/h3-13,24H,1-2H3,(H,22,25)/b21-13+. The number of aromatic hydroxyl groups is 1. The van der Waals surface area contributed by atoms with Gasteiger partial charge in [-0.2, -0.15) is 5.10 Å². The van der Waals surface area contributed by atoms with Crippen LogP contribution >= 0.6 is 0 Å². The van der Waals surface area contributed by atoms with Crippen LogP contribution in [0.25, 0.3) is 5.69 Å². The molecule has 0 fully saturated rings. The van der Waals surface area contributed by atoms with E-state index >= 15 is 0 Å². The van der Waals surface area contributed by atoms with Crippen molar-refractivity contribution in [3.05, 3.63) is 83.2 Å². The summed E-state index contributed by atoms with van der Waals surface area (Å²) in [5.74, 6) is 0.000454. The first-order valence-electron chi connectivity index (χ1n) is 7.91. The molecule has 0 saturated carbocycles. The van der Waals surface area contributed by atoms with Gasteiger partial charge >= 0.3 is 0 Å².